The molecular formula is C12H23NO2. The fraction of sp³-hybridized carbons (Fsp3) is 0.917. The van der Waals surface area contributed by atoms with E-state index in [0.717, 1.165) is 0 Å². The standard InChI is InChI=1S/C12H23NO2/c1-4-9-7-6-8-11(9)13(3)10(5-2)12(14)15/h9-11H,4-8H2,1-3H3,(H,14,15). The van der Waals surface area contributed by atoms with E-state index in [0.29, 0.717) is 18.4 Å². The summed E-state index contributed by atoms with van der Waals surface area (Å²) in [7, 11) is 1.97. The quantitative estimate of drug-likeness (QED) is 0.762. The van der Waals surface area contributed by atoms with Gasteiger partial charge in [-0.1, -0.05) is 26.7 Å². The summed E-state index contributed by atoms with van der Waals surface area (Å²) in [4.78, 5) is 13.2. The zero-order chi connectivity index (χ0) is 11.4. The minimum absolute atomic E-state index is 0.304. The average Bonchev–Trinajstić information content (AvgIpc) is 2.65. The van der Waals surface area contributed by atoms with Gasteiger partial charge in [0.1, 0.15) is 6.04 Å². The highest BCUT2D eigenvalue weighted by atomic mass is 16.4. The Labute approximate surface area is 92.5 Å². The van der Waals surface area contributed by atoms with Crippen molar-refractivity contribution in [3.05, 3.63) is 0 Å². The molecule has 0 bridgehead atoms. The number of hydrogen-bond donors (Lipinski definition) is 1. The van der Waals surface area contributed by atoms with Crippen LogP contribution in [0.2, 0.25) is 0 Å². The molecule has 3 unspecified atom stereocenters. The van der Waals surface area contributed by atoms with E-state index in [4.69, 9.17) is 5.11 Å². The molecule has 15 heavy (non-hydrogen) atoms. The first kappa shape index (κ1) is 12.5. The fourth-order valence-corrected chi connectivity index (χ4v) is 2.90. The van der Waals surface area contributed by atoms with Gasteiger partial charge in [0.2, 0.25) is 0 Å². The molecule has 1 saturated carbocycles. The van der Waals surface area contributed by atoms with Crippen LogP contribution in [0.5, 0.6) is 0 Å². The number of rotatable bonds is 5. The first-order valence-electron chi connectivity index (χ1n) is 6.06. The van der Waals surface area contributed by atoms with Gasteiger partial charge in [-0.3, -0.25) is 9.69 Å². The maximum Gasteiger partial charge on any atom is 0.320 e. The summed E-state index contributed by atoms with van der Waals surface area (Å²) in [5.41, 5.74) is 0. The SMILES string of the molecule is CCC1CCCC1N(C)C(CC)C(=O)O. The van der Waals surface area contributed by atoms with Crippen LogP contribution in [0.25, 0.3) is 0 Å². The lowest BCUT2D eigenvalue weighted by Crippen LogP contribution is -2.45. The van der Waals surface area contributed by atoms with E-state index in [2.05, 4.69) is 11.8 Å². The molecule has 1 rings (SSSR count). The summed E-state index contributed by atoms with van der Waals surface area (Å²) < 4.78 is 0. The van der Waals surface area contributed by atoms with Gasteiger partial charge in [0.15, 0.2) is 0 Å². The zero-order valence-corrected chi connectivity index (χ0v) is 10.1. The number of carbonyl (C=O) groups is 1. The third-order valence-electron chi connectivity index (χ3n) is 3.83. The molecule has 88 valence electrons. The average molecular weight is 213 g/mol. The van der Waals surface area contributed by atoms with Gasteiger partial charge in [-0.15, -0.1) is 0 Å². The van der Waals surface area contributed by atoms with Gasteiger partial charge < -0.3 is 5.11 Å². The topological polar surface area (TPSA) is 40.5 Å². The maximum atomic E-state index is 11.1. The van der Waals surface area contributed by atoms with Gasteiger partial charge in [-0.2, -0.15) is 0 Å². The van der Waals surface area contributed by atoms with Crippen molar-refractivity contribution in [1.82, 2.24) is 4.90 Å². The highest BCUT2D eigenvalue weighted by Crippen LogP contribution is 2.32. The first-order valence-corrected chi connectivity index (χ1v) is 6.06. The van der Waals surface area contributed by atoms with Crippen molar-refractivity contribution in [2.45, 2.75) is 58.0 Å². The van der Waals surface area contributed by atoms with E-state index < -0.39 is 5.97 Å². The molecule has 0 spiro atoms. The summed E-state index contributed by atoms with van der Waals surface area (Å²) in [6.07, 6.45) is 5.55. The third-order valence-corrected chi connectivity index (χ3v) is 3.83. The first-order chi connectivity index (χ1) is 7.11. The normalized spacial score (nSPS) is 28.3. The molecule has 1 fully saturated rings. The molecule has 0 radical (unpaired) electrons. The number of hydrogen-bond acceptors (Lipinski definition) is 2. The Morgan fingerprint density at radius 3 is 2.60 bits per heavy atom. The van der Waals surface area contributed by atoms with Crippen LogP contribution in [0, 0.1) is 5.92 Å². The van der Waals surface area contributed by atoms with Crippen LogP contribution < -0.4 is 0 Å². The Balaban J connectivity index is 2.64. The van der Waals surface area contributed by atoms with E-state index in [9.17, 15) is 4.79 Å². The molecule has 0 aromatic heterocycles. The van der Waals surface area contributed by atoms with Crippen LogP contribution in [-0.4, -0.2) is 35.1 Å². The Kier molecular flexibility index (Phi) is 4.58. The molecule has 3 atom stereocenters. The van der Waals surface area contributed by atoms with Crippen molar-refractivity contribution in [2.75, 3.05) is 7.05 Å². The van der Waals surface area contributed by atoms with Crippen molar-refractivity contribution < 1.29 is 9.90 Å². The van der Waals surface area contributed by atoms with Gasteiger partial charge >= 0.3 is 5.97 Å². The lowest BCUT2D eigenvalue weighted by Gasteiger charge is -2.33. The van der Waals surface area contributed by atoms with Crippen LogP contribution in [-0.2, 0) is 4.79 Å². The predicted octanol–water partition coefficient (Wildman–Crippen LogP) is 2.36. The van der Waals surface area contributed by atoms with E-state index in [1.54, 1.807) is 0 Å². The molecule has 1 aliphatic carbocycles. The predicted molar refractivity (Wildman–Crippen MR) is 60.9 cm³/mol. The highest BCUT2D eigenvalue weighted by Gasteiger charge is 2.34. The van der Waals surface area contributed by atoms with Crippen LogP contribution in [0.15, 0.2) is 0 Å². The van der Waals surface area contributed by atoms with Gasteiger partial charge in [0.25, 0.3) is 0 Å². The minimum atomic E-state index is -0.679. The number of likely N-dealkylation sites (N-methyl/N-ethyl adjacent to an activating group) is 1. The largest absolute Gasteiger partial charge is 0.480 e. The molecule has 3 heteroatoms. The zero-order valence-electron chi connectivity index (χ0n) is 10.1. The van der Waals surface area contributed by atoms with Crippen molar-refractivity contribution >= 4 is 5.97 Å². The summed E-state index contributed by atoms with van der Waals surface area (Å²) in [5, 5.41) is 9.12. The second-order valence-corrected chi connectivity index (χ2v) is 4.59. The van der Waals surface area contributed by atoms with E-state index in [-0.39, 0.29) is 6.04 Å². The Hall–Kier alpha value is -0.570. The second-order valence-electron chi connectivity index (χ2n) is 4.59. The maximum absolute atomic E-state index is 11.1. The summed E-state index contributed by atoms with van der Waals surface area (Å²) in [6.45, 7) is 4.16. The van der Waals surface area contributed by atoms with Crippen LogP contribution in [0.1, 0.15) is 46.0 Å². The molecule has 1 N–H and O–H groups in total. The smallest absolute Gasteiger partial charge is 0.320 e. The monoisotopic (exact) mass is 213 g/mol. The van der Waals surface area contributed by atoms with Gasteiger partial charge in [0, 0.05) is 6.04 Å². The Morgan fingerprint density at radius 1 is 1.47 bits per heavy atom. The molecule has 0 aromatic rings. The Bertz CT molecular complexity index is 218. The molecule has 0 aromatic carbocycles. The molecule has 0 heterocycles. The van der Waals surface area contributed by atoms with Crippen LogP contribution in [0.3, 0.4) is 0 Å². The van der Waals surface area contributed by atoms with Crippen molar-refractivity contribution in [3.8, 4) is 0 Å². The van der Waals surface area contributed by atoms with Gasteiger partial charge in [0.05, 0.1) is 0 Å². The van der Waals surface area contributed by atoms with Crippen molar-refractivity contribution in [1.29, 1.82) is 0 Å². The van der Waals surface area contributed by atoms with E-state index in [1.807, 2.05) is 14.0 Å². The number of carboxylic acids is 1. The third kappa shape index (κ3) is 2.71. The number of carboxylic acid groups (broad SMARTS) is 1. The fourth-order valence-electron chi connectivity index (χ4n) is 2.90. The highest BCUT2D eigenvalue weighted by molar-refractivity contribution is 5.73. The van der Waals surface area contributed by atoms with E-state index in [1.165, 1.54) is 25.7 Å². The van der Waals surface area contributed by atoms with Crippen LogP contribution in [0.4, 0.5) is 0 Å². The summed E-state index contributed by atoms with van der Waals surface area (Å²) in [5.74, 6) is 0.0187. The lowest BCUT2D eigenvalue weighted by molar-refractivity contribution is -0.144. The van der Waals surface area contributed by atoms with Crippen LogP contribution >= 0.6 is 0 Å². The van der Waals surface area contributed by atoms with Crippen molar-refractivity contribution in [2.24, 2.45) is 5.92 Å². The number of nitrogens with zero attached hydrogens (tertiary/aromatic N) is 1. The molecule has 0 saturated heterocycles. The van der Waals surface area contributed by atoms with Gasteiger partial charge in [-0.25, -0.2) is 0 Å². The van der Waals surface area contributed by atoms with Crippen molar-refractivity contribution in [3.63, 3.8) is 0 Å². The molecule has 1 aliphatic rings. The molecule has 0 aliphatic heterocycles. The molecule has 3 nitrogen and oxygen atoms in total. The number of aliphatic carboxylic acids is 1. The molecule has 0 amide bonds. The summed E-state index contributed by atoms with van der Waals surface area (Å²) >= 11 is 0. The second kappa shape index (κ2) is 5.50. The minimum Gasteiger partial charge on any atom is -0.480 e. The lowest BCUT2D eigenvalue weighted by atomic mass is 9.98. The van der Waals surface area contributed by atoms with Gasteiger partial charge in [-0.05, 0) is 32.2 Å². The Morgan fingerprint density at radius 2 is 2.13 bits per heavy atom. The molecular weight excluding hydrogens is 190 g/mol. The summed E-state index contributed by atoms with van der Waals surface area (Å²) in [6, 6.07) is 0.179. The van der Waals surface area contributed by atoms with E-state index >= 15 is 0 Å².